The Labute approximate surface area is 74.5 Å². The minimum atomic E-state index is -0.118. The maximum atomic E-state index is 13.5. The van der Waals surface area contributed by atoms with Crippen LogP contribution in [0.15, 0.2) is 35.2 Å². The lowest BCUT2D eigenvalue weighted by molar-refractivity contribution is 0.635. The van der Waals surface area contributed by atoms with E-state index in [1.165, 1.54) is 0 Å². The summed E-state index contributed by atoms with van der Waals surface area (Å²) in [6, 6.07) is 0. The van der Waals surface area contributed by atoms with E-state index in [1.807, 2.05) is 20.8 Å². The molecule has 1 heteroatoms. The molecule has 0 amide bonds. The largest absolute Gasteiger partial charge is 0.206 e. The molecule has 0 bridgehead atoms. The van der Waals surface area contributed by atoms with Crippen LogP contribution < -0.4 is 0 Å². The van der Waals surface area contributed by atoms with Gasteiger partial charge in [-0.05, 0) is 38.3 Å². The zero-order valence-electron chi connectivity index (χ0n) is 8.37. The van der Waals surface area contributed by atoms with E-state index in [2.05, 4.69) is 6.58 Å². The Kier molecular flexibility index (Phi) is 4.57. The summed E-state index contributed by atoms with van der Waals surface area (Å²) in [6.45, 7) is 11.1. The van der Waals surface area contributed by atoms with Crippen molar-refractivity contribution in [1.82, 2.24) is 0 Å². The first kappa shape index (κ1) is 11.2. The van der Waals surface area contributed by atoms with E-state index >= 15 is 0 Å². The Morgan fingerprint density at radius 3 is 2.17 bits per heavy atom. The Hall–Kier alpha value is -0.850. The zero-order valence-corrected chi connectivity index (χ0v) is 8.37. The molecule has 0 fully saturated rings. The number of hydrogen-bond acceptors (Lipinski definition) is 0. The summed E-state index contributed by atoms with van der Waals surface area (Å²) in [5.74, 6) is -0.118. The molecule has 68 valence electrons. The molecule has 0 aliphatic heterocycles. The van der Waals surface area contributed by atoms with Crippen molar-refractivity contribution < 1.29 is 4.39 Å². The summed E-state index contributed by atoms with van der Waals surface area (Å²) < 4.78 is 13.5. The molecule has 12 heavy (non-hydrogen) atoms. The molecule has 0 rings (SSSR count). The number of hydrogen-bond donors (Lipinski definition) is 0. The molecule has 0 aromatic carbocycles. The van der Waals surface area contributed by atoms with E-state index in [9.17, 15) is 4.39 Å². The van der Waals surface area contributed by atoms with Crippen molar-refractivity contribution in [2.45, 2.75) is 34.1 Å². The number of allylic oxidation sites excluding steroid dienone is 5. The monoisotopic (exact) mass is 168 g/mol. The Bertz CT molecular complexity index is 231. The third-order valence-electron chi connectivity index (χ3n) is 1.91. The lowest BCUT2D eigenvalue weighted by Gasteiger charge is -2.06. The van der Waals surface area contributed by atoms with Crippen LogP contribution in [-0.2, 0) is 0 Å². The van der Waals surface area contributed by atoms with Gasteiger partial charge in [-0.3, -0.25) is 0 Å². The molecule has 0 unspecified atom stereocenters. The van der Waals surface area contributed by atoms with Gasteiger partial charge in [0.15, 0.2) is 0 Å². The van der Waals surface area contributed by atoms with Gasteiger partial charge < -0.3 is 0 Å². The summed E-state index contributed by atoms with van der Waals surface area (Å²) in [7, 11) is 0. The highest BCUT2D eigenvalue weighted by molar-refractivity contribution is 5.37. The second kappa shape index (κ2) is 4.91. The molecule has 0 N–H and O–H groups in total. The first-order valence-corrected chi connectivity index (χ1v) is 4.22. The van der Waals surface area contributed by atoms with Crippen LogP contribution in [0.3, 0.4) is 0 Å². The predicted molar refractivity (Wildman–Crippen MR) is 52.7 cm³/mol. The fourth-order valence-electron chi connectivity index (χ4n) is 1.01. The third kappa shape index (κ3) is 2.65. The van der Waals surface area contributed by atoms with Gasteiger partial charge in [0.25, 0.3) is 0 Å². The van der Waals surface area contributed by atoms with Crippen LogP contribution in [0.4, 0.5) is 4.39 Å². The van der Waals surface area contributed by atoms with Crippen LogP contribution >= 0.6 is 0 Å². The minimum absolute atomic E-state index is 0.118. The number of rotatable bonds is 3. The van der Waals surface area contributed by atoms with E-state index in [0.29, 0.717) is 12.0 Å². The summed E-state index contributed by atoms with van der Waals surface area (Å²) in [4.78, 5) is 0. The van der Waals surface area contributed by atoms with Crippen molar-refractivity contribution in [2.24, 2.45) is 0 Å². The van der Waals surface area contributed by atoms with Crippen molar-refractivity contribution in [3.8, 4) is 0 Å². The van der Waals surface area contributed by atoms with E-state index < -0.39 is 0 Å². The van der Waals surface area contributed by atoms with Gasteiger partial charge in [0, 0.05) is 0 Å². The Morgan fingerprint density at radius 2 is 1.92 bits per heavy atom. The summed E-state index contributed by atoms with van der Waals surface area (Å²) in [5.41, 5.74) is 2.23. The molecule has 0 aliphatic carbocycles. The quantitative estimate of drug-likeness (QED) is 0.555. The van der Waals surface area contributed by atoms with E-state index in [-0.39, 0.29) is 5.83 Å². The molecular formula is C11H17F. The lowest BCUT2D eigenvalue weighted by atomic mass is 10.0. The molecule has 0 saturated heterocycles. The molecule has 0 aromatic rings. The topological polar surface area (TPSA) is 0 Å². The zero-order chi connectivity index (χ0) is 9.72. The van der Waals surface area contributed by atoms with Crippen molar-refractivity contribution in [3.05, 3.63) is 35.2 Å². The molecule has 0 radical (unpaired) electrons. The van der Waals surface area contributed by atoms with Gasteiger partial charge in [-0.25, -0.2) is 4.39 Å². The van der Waals surface area contributed by atoms with Crippen LogP contribution in [0.2, 0.25) is 0 Å². The highest BCUT2D eigenvalue weighted by atomic mass is 19.1. The SMILES string of the molecule is C=C(C)/C(CC)=C(F)\C(C)=C/C. The van der Waals surface area contributed by atoms with E-state index in [4.69, 9.17) is 0 Å². The maximum absolute atomic E-state index is 13.5. The molecule has 0 spiro atoms. The first-order valence-electron chi connectivity index (χ1n) is 4.22. The lowest BCUT2D eigenvalue weighted by Crippen LogP contribution is -1.89. The molecule has 0 saturated carbocycles. The second-order valence-corrected chi connectivity index (χ2v) is 2.90. The van der Waals surface area contributed by atoms with E-state index in [1.54, 1.807) is 13.0 Å². The predicted octanol–water partition coefficient (Wildman–Crippen LogP) is 4.16. The van der Waals surface area contributed by atoms with Gasteiger partial charge in [0.2, 0.25) is 0 Å². The van der Waals surface area contributed by atoms with Crippen LogP contribution in [0.1, 0.15) is 34.1 Å². The van der Waals surface area contributed by atoms with Gasteiger partial charge in [-0.1, -0.05) is 25.2 Å². The highest BCUT2D eigenvalue weighted by Gasteiger charge is 2.06. The first-order chi connectivity index (χ1) is 5.54. The van der Waals surface area contributed by atoms with Crippen molar-refractivity contribution in [1.29, 1.82) is 0 Å². The van der Waals surface area contributed by atoms with Gasteiger partial charge in [0.1, 0.15) is 5.83 Å². The van der Waals surface area contributed by atoms with Gasteiger partial charge in [0.05, 0.1) is 0 Å². The molecule has 0 nitrogen and oxygen atoms in total. The summed E-state index contributed by atoms with van der Waals surface area (Å²) in [6.07, 6.45) is 2.47. The molecular weight excluding hydrogens is 151 g/mol. The average molecular weight is 168 g/mol. The molecule has 0 atom stereocenters. The highest BCUT2D eigenvalue weighted by Crippen LogP contribution is 2.23. The Balaban J connectivity index is 4.98. The van der Waals surface area contributed by atoms with Crippen LogP contribution in [0.25, 0.3) is 0 Å². The summed E-state index contributed by atoms with van der Waals surface area (Å²) >= 11 is 0. The maximum Gasteiger partial charge on any atom is 0.129 e. The van der Waals surface area contributed by atoms with Crippen LogP contribution in [0, 0.1) is 0 Å². The number of halogens is 1. The van der Waals surface area contributed by atoms with Gasteiger partial charge in [-0.15, -0.1) is 0 Å². The Morgan fingerprint density at radius 1 is 1.42 bits per heavy atom. The van der Waals surface area contributed by atoms with Crippen LogP contribution in [0.5, 0.6) is 0 Å². The minimum Gasteiger partial charge on any atom is -0.206 e. The summed E-state index contributed by atoms with van der Waals surface area (Å²) in [5, 5.41) is 0. The van der Waals surface area contributed by atoms with Crippen molar-refractivity contribution in [3.63, 3.8) is 0 Å². The fraction of sp³-hybridized carbons (Fsp3) is 0.455. The second-order valence-electron chi connectivity index (χ2n) is 2.90. The average Bonchev–Trinajstić information content (AvgIpc) is 2.03. The fourth-order valence-corrected chi connectivity index (χ4v) is 1.01. The standard InChI is InChI=1S/C11H17F/c1-6-9(5)11(12)10(7-2)8(3)4/h6H,3,7H2,1-2,4-5H3/b9-6-,11-10+. The van der Waals surface area contributed by atoms with Gasteiger partial charge in [-0.2, -0.15) is 0 Å². The molecule has 0 aliphatic rings. The van der Waals surface area contributed by atoms with Crippen molar-refractivity contribution in [2.75, 3.05) is 0 Å². The van der Waals surface area contributed by atoms with Crippen LogP contribution in [-0.4, -0.2) is 0 Å². The van der Waals surface area contributed by atoms with E-state index in [0.717, 1.165) is 11.1 Å². The molecule has 0 aromatic heterocycles. The molecule has 0 heterocycles. The van der Waals surface area contributed by atoms with Gasteiger partial charge >= 0.3 is 0 Å². The normalized spacial score (nSPS) is 14.2. The smallest absolute Gasteiger partial charge is 0.129 e. The third-order valence-corrected chi connectivity index (χ3v) is 1.91. The van der Waals surface area contributed by atoms with Crippen molar-refractivity contribution >= 4 is 0 Å².